The molecule has 0 aliphatic rings. The Morgan fingerprint density at radius 2 is 1.17 bits per heavy atom. The highest BCUT2D eigenvalue weighted by molar-refractivity contribution is 5.83. The van der Waals surface area contributed by atoms with Gasteiger partial charge in [-0.05, 0) is 13.3 Å². The zero-order valence-corrected chi connectivity index (χ0v) is 24.3. The molecule has 0 radical (unpaired) electrons. The second-order valence-electron chi connectivity index (χ2n) is 10.7. The van der Waals surface area contributed by atoms with Crippen molar-refractivity contribution in [3.63, 3.8) is 0 Å². The number of nitrogens with zero attached hydrogens (tertiary/aromatic N) is 1. The van der Waals surface area contributed by atoms with Gasteiger partial charge in [0.05, 0.1) is 0 Å². The second-order valence-corrected chi connectivity index (χ2v) is 10.7. The van der Waals surface area contributed by atoms with Gasteiger partial charge in [-0.25, -0.2) is 4.79 Å². The first-order chi connectivity index (χ1) is 17.6. The third-order valence-electron chi connectivity index (χ3n) is 7.43. The van der Waals surface area contributed by atoms with Gasteiger partial charge in [0, 0.05) is 30.5 Å². The summed E-state index contributed by atoms with van der Waals surface area (Å²) in [5, 5.41) is 0. The largest absolute Gasteiger partial charge is 0.416 e. The van der Waals surface area contributed by atoms with Gasteiger partial charge in [0.1, 0.15) is 6.54 Å². The van der Waals surface area contributed by atoms with E-state index in [2.05, 4.69) is 31.2 Å². The number of ether oxygens (including phenoxy) is 1. The molecule has 1 aromatic heterocycles. The lowest BCUT2D eigenvalue weighted by Crippen LogP contribution is -2.39. The molecule has 1 rings (SSSR count). The van der Waals surface area contributed by atoms with Gasteiger partial charge < -0.3 is 4.74 Å². The standard InChI is InChI=1S/C33H58NO2/c1-5-8-9-10-11-12-13-14-15-16-17-18-19-20-21-22-23-24-25-26-28-34-29-27-30(4)33(31(34)6-2)36-32(35)7-3/h7,27,29H,3,5-6,8-26,28H2,1-2,4H3/q+1. The summed E-state index contributed by atoms with van der Waals surface area (Å²) in [7, 11) is 0. The molecule has 0 aliphatic heterocycles. The smallest absolute Gasteiger partial charge is 0.335 e. The minimum atomic E-state index is -0.385. The number of carbonyl (C=O) groups is 1. The molecule has 0 bridgehead atoms. The van der Waals surface area contributed by atoms with Crippen LogP contribution in [0.3, 0.4) is 0 Å². The Bertz CT molecular complexity index is 697. The van der Waals surface area contributed by atoms with Crippen LogP contribution in [0.1, 0.15) is 154 Å². The fraction of sp³-hybridized carbons (Fsp3) is 0.758. The molecule has 0 unspecified atom stereocenters. The molecular weight excluding hydrogens is 442 g/mol. The number of rotatable bonds is 24. The number of hydrogen-bond acceptors (Lipinski definition) is 2. The SMILES string of the molecule is C=CC(=O)Oc1c(C)cc[n+](CCCCCCCCCCCCCCCCCCCCCC)c1CC. The highest BCUT2D eigenvalue weighted by Crippen LogP contribution is 2.21. The summed E-state index contributed by atoms with van der Waals surface area (Å²) < 4.78 is 7.78. The summed E-state index contributed by atoms with van der Waals surface area (Å²) >= 11 is 0. The van der Waals surface area contributed by atoms with Crippen LogP contribution in [0.2, 0.25) is 0 Å². The van der Waals surface area contributed by atoms with E-state index < -0.39 is 0 Å². The van der Waals surface area contributed by atoms with Crippen molar-refractivity contribution >= 4 is 5.97 Å². The van der Waals surface area contributed by atoms with Gasteiger partial charge in [-0.15, -0.1) is 0 Å². The molecule has 0 saturated carbocycles. The van der Waals surface area contributed by atoms with E-state index in [9.17, 15) is 4.79 Å². The summed E-state index contributed by atoms with van der Waals surface area (Å²) in [4.78, 5) is 11.7. The van der Waals surface area contributed by atoms with Crippen LogP contribution in [-0.2, 0) is 17.8 Å². The fourth-order valence-electron chi connectivity index (χ4n) is 5.12. The maximum Gasteiger partial charge on any atom is 0.335 e. The van der Waals surface area contributed by atoms with E-state index >= 15 is 0 Å². The highest BCUT2D eigenvalue weighted by atomic mass is 16.5. The lowest BCUT2D eigenvalue weighted by molar-refractivity contribution is -0.704. The van der Waals surface area contributed by atoms with Crippen molar-refractivity contribution in [1.82, 2.24) is 0 Å². The van der Waals surface area contributed by atoms with Crippen LogP contribution < -0.4 is 9.30 Å². The summed E-state index contributed by atoms with van der Waals surface area (Å²) in [5.41, 5.74) is 2.10. The zero-order chi connectivity index (χ0) is 26.3. The third kappa shape index (κ3) is 15.5. The summed E-state index contributed by atoms with van der Waals surface area (Å²) in [6.07, 6.45) is 32.3. The first-order valence-electron chi connectivity index (χ1n) is 15.5. The minimum absolute atomic E-state index is 0.385. The first kappa shape index (κ1) is 32.4. The quantitative estimate of drug-likeness (QED) is 0.0612. The van der Waals surface area contributed by atoms with E-state index in [0.29, 0.717) is 5.75 Å². The van der Waals surface area contributed by atoms with Crippen LogP contribution in [0.25, 0.3) is 0 Å². The number of esters is 1. The molecule has 0 aliphatic carbocycles. The molecule has 0 fully saturated rings. The van der Waals surface area contributed by atoms with Crippen LogP contribution in [-0.4, -0.2) is 5.97 Å². The second kappa shape index (κ2) is 22.5. The molecule has 206 valence electrons. The molecule has 1 heterocycles. The van der Waals surface area contributed by atoms with E-state index in [-0.39, 0.29) is 5.97 Å². The molecule has 36 heavy (non-hydrogen) atoms. The lowest BCUT2D eigenvalue weighted by atomic mass is 10.0. The maximum absolute atomic E-state index is 11.7. The monoisotopic (exact) mass is 500 g/mol. The third-order valence-corrected chi connectivity index (χ3v) is 7.43. The zero-order valence-electron chi connectivity index (χ0n) is 24.3. The Labute approximate surface area is 224 Å². The number of aryl methyl sites for hydroxylation is 2. The number of hydrogen-bond donors (Lipinski definition) is 0. The average Bonchev–Trinajstić information content (AvgIpc) is 2.89. The summed E-state index contributed by atoms with van der Waals surface area (Å²) in [6, 6.07) is 2.04. The first-order valence-corrected chi connectivity index (χ1v) is 15.5. The van der Waals surface area contributed by atoms with Crippen LogP contribution in [0, 0.1) is 6.92 Å². The molecule has 0 saturated heterocycles. The topological polar surface area (TPSA) is 30.2 Å². The molecular formula is C33H58NO2+. The van der Waals surface area contributed by atoms with Crippen LogP contribution in [0.5, 0.6) is 5.75 Å². The Balaban J connectivity index is 1.97. The van der Waals surface area contributed by atoms with Gasteiger partial charge in [-0.2, -0.15) is 4.57 Å². The minimum Gasteiger partial charge on any atom is -0.416 e. The van der Waals surface area contributed by atoms with E-state index in [1.807, 2.05) is 13.0 Å². The fourth-order valence-corrected chi connectivity index (χ4v) is 5.12. The number of aromatic nitrogens is 1. The summed E-state index contributed by atoms with van der Waals surface area (Å²) in [6.45, 7) is 10.9. The molecule has 0 amide bonds. The van der Waals surface area contributed by atoms with Crippen molar-refractivity contribution < 1.29 is 14.1 Å². The predicted molar refractivity (Wildman–Crippen MR) is 155 cm³/mol. The summed E-state index contributed by atoms with van der Waals surface area (Å²) in [5.74, 6) is 0.322. The lowest BCUT2D eigenvalue weighted by Gasteiger charge is -2.10. The molecule has 0 atom stereocenters. The molecule has 3 nitrogen and oxygen atoms in total. The van der Waals surface area contributed by atoms with E-state index in [0.717, 1.165) is 24.2 Å². The molecule has 0 aromatic carbocycles. The van der Waals surface area contributed by atoms with Gasteiger partial charge in [-0.3, -0.25) is 0 Å². The average molecular weight is 501 g/mol. The van der Waals surface area contributed by atoms with Crippen molar-refractivity contribution in [3.05, 3.63) is 36.2 Å². The van der Waals surface area contributed by atoms with Crippen LogP contribution in [0.4, 0.5) is 0 Å². The highest BCUT2D eigenvalue weighted by Gasteiger charge is 2.20. The Hall–Kier alpha value is -1.64. The predicted octanol–water partition coefficient (Wildman–Crippen LogP) is 9.76. The van der Waals surface area contributed by atoms with E-state index in [1.54, 1.807) is 0 Å². The van der Waals surface area contributed by atoms with Crippen molar-refractivity contribution in [2.24, 2.45) is 0 Å². The van der Waals surface area contributed by atoms with Crippen LogP contribution in [0.15, 0.2) is 24.9 Å². The Kier molecular flexibility index (Phi) is 20.3. The van der Waals surface area contributed by atoms with Crippen molar-refractivity contribution in [3.8, 4) is 5.75 Å². The van der Waals surface area contributed by atoms with Crippen molar-refractivity contribution in [2.75, 3.05) is 0 Å². The van der Waals surface area contributed by atoms with Gasteiger partial charge >= 0.3 is 5.97 Å². The van der Waals surface area contributed by atoms with Gasteiger partial charge in [0.25, 0.3) is 0 Å². The van der Waals surface area contributed by atoms with Crippen molar-refractivity contribution in [1.29, 1.82) is 0 Å². The molecule has 1 aromatic rings. The van der Waals surface area contributed by atoms with E-state index in [1.165, 1.54) is 134 Å². The molecule has 0 spiro atoms. The van der Waals surface area contributed by atoms with Crippen LogP contribution >= 0.6 is 0 Å². The van der Waals surface area contributed by atoms with Gasteiger partial charge in [-0.1, -0.05) is 136 Å². The normalized spacial score (nSPS) is 11.1. The molecule has 0 N–H and O–H groups in total. The Morgan fingerprint density at radius 3 is 1.56 bits per heavy atom. The van der Waals surface area contributed by atoms with E-state index in [4.69, 9.17) is 4.74 Å². The Morgan fingerprint density at radius 1 is 0.750 bits per heavy atom. The van der Waals surface area contributed by atoms with Gasteiger partial charge in [0.15, 0.2) is 6.20 Å². The van der Waals surface area contributed by atoms with Gasteiger partial charge in [0.2, 0.25) is 11.4 Å². The number of unbranched alkanes of at least 4 members (excludes halogenated alkanes) is 19. The van der Waals surface area contributed by atoms with Crippen molar-refractivity contribution in [2.45, 2.75) is 162 Å². The molecule has 3 heteroatoms. The number of carbonyl (C=O) groups excluding carboxylic acids is 1. The maximum atomic E-state index is 11.7. The number of pyridine rings is 1.